The standard InChI is InChI=1S/C20H25N3O/c1-15-7-6-10-18(16(15)2)22-11-13-23(14-12-22)20(24)19(21)17-8-4-3-5-9-17/h3-10,19H,11-14,21H2,1-2H3. The Bertz CT molecular complexity index is 706. The summed E-state index contributed by atoms with van der Waals surface area (Å²) in [7, 11) is 0. The van der Waals surface area contributed by atoms with Crippen LogP contribution in [-0.2, 0) is 4.79 Å². The number of amides is 1. The molecule has 2 aromatic carbocycles. The fourth-order valence-electron chi connectivity index (χ4n) is 3.25. The van der Waals surface area contributed by atoms with Crippen LogP contribution in [0.2, 0.25) is 0 Å². The third-order valence-electron chi connectivity index (χ3n) is 4.93. The fraction of sp³-hybridized carbons (Fsp3) is 0.350. The molecular weight excluding hydrogens is 298 g/mol. The number of hydrogen-bond donors (Lipinski definition) is 1. The number of carbonyl (C=O) groups is 1. The summed E-state index contributed by atoms with van der Waals surface area (Å²) in [4.78, 5) is 16.9. The number of nitrogens with two attached hydrogens (primary N) is 1. The highest BCUT2D eigenvalue weighted by Gasteiger charge is 2.26. The Morgan fingerprint density at radius 1 is 0.958 bits per heavy atom. The van der Waals surface area contributed by atoms with Crippen molar-refractivity contribution in [3.8, 4) is 0 Å². The van der Waals surface area contributed by atoms with E-state index < -0.39 is 6.04 Å². The Morgan fingerprint density at radius 2 is 1.62 bits per heavy atom. The number of hydrogen-bond acceptors (Lipinski definition) is 3. The number of piperazine rings is 1. The molecule has 1 saturated heterocycles. The highest BCUT2D eigenvalue weighted by atomic mass is 16.2. The molecule has 126 valence electrons. The van der Waals surface area contributed by atoms with Crippen LogP contribution >= 0.6 is 0 Å². The van der Waals surface area contributed by atoms with E-state index in [1.807, 2.05) is 35.2 Å². The van der Waals surface area contributed by atoms with E-state index in [2.05, 4.69) is 36.9 Å². The minimum Gasteiger partial charge on any atom is -0.368 e. The molecule has 1 heterocycles. The van der Waals surface area contributed by atoms with Crippen molar-refractivity contribution in [2.45, 2.75) is 19.9 Å². The lowest BCUT2D eigenvalue weighted by Crippen LogP contribution is -2.51. The highest BCUT2D eigenvalue weighted by molar-refractivity contribution is 5.83. The Hall–Kier alpha value is -2.33. The van der Waals surface area contributed by atoms with Gasteiger partial charge in [0.1, 0.15) is 6.04 Å². The molecule has 0 aromatic heterocycles. The zero-order valence-corrected chi connectivity index (χ0v) is 14.4. The summed E-state index contributed by atoms with van der Waals surface area (Å²) in [5.74, 6) is 0.0156. The van der Waals surface area contributed by atoms with Crippen molar-refractivity contribution in [3.05, 3.63) is 65.2 Å². The van der Waals surface area contributed by atoms with Crippen molar-refractivity contribution in [3.63, 3.8) is 0 Å². The number of benzene rings is 2. The van der Waals surface area contributed by atoms with Crippen LogP contribution in [0, 0.1) is 13.8 Å². The predicted molar refractivity (Wildman–Crippen MR) is 98.1 cm³/mol. The normalized spacial score (nSPS) is 16.1. The molecular formula is C20H25N3O. The van der Waals surface area contributed by atoms with Crippen LogP contribution in [0.5, 0.6) is 0 Å². The first-order valence-corrected chi connectivity index (χ1v) is 8.48. The molecule has 2 aromatic rings. The monoisotopic (exact) mass is 323 g/mol. The molecule has 24 heavy (non-hydrogen) atoms. The highest BCUT2D eigenvalue weighted by Crippen LogP contribution is 2.24. The second-order valence-electron chi connectivity index (χ2n) is 6.42. The summed E-state index contributed by atoms with van der Waals surface area (Å²) in [6.45, 7) is 7.42. The van der Waals surface area contributed by atoms with Crippen LogP contribution in [0.15, 0.2) is 48.5 Å². The molecule has 0 aliphatic carbocycles. The summed E-state index contributed by atoms with van der Waals surface area (Å²) in [6.07, 6.45) is 0. The minimum atomic E-state index is -0.571. The number of nitrogens with zero attached hydrogens (tertiary/aromatic N) is 2. The van der Waals surface area contributed by atoms with Gasteiger partial charge in [0.2, 0.25) is 5.91 Å². The van der Waals surface area contributed by atoms with Gasteiger partial charge in [-0.2, -0.15) is 0 Å². The topological polar surface area (TPSA) is 49.6 Å². The third-order valence-corrected chi connectivity index (χ3v) is 4.93. The molecule has 3 rings (SSSR count). The van der Waals surface area contributed by atoms with Crippen LogP contribution in [0.3, 0.4) is 0 Å². The van der Waals surface area contributed by atoms with Gasteiger partial charge >= 0.3 is 0 Å². The van der Waals surface area contributed by atoms with E-state index in [9.17, 15) is 4.79 Å². The average Bonchev–Trinajstić information content (AvgIpc) is 2.64. The van der Waals surface area contributed by atoms with Crippen LogP contribution in [-0.4, -0.2) is 37.0 Å². The van der Waals surface area contributed by atoms with E-state index in [1.54, 1.807) is 0 Å². The summed E-state index contributed by atoms with van der Waals surface area (Å²) < 4.78 is 0. The van der Waals surface area contributed by atoms with E-state index in [4.69, 9.17) is 5.73 Å². The summed E-state index contributed by atoms with van der Waals surface area (Å²) in [5.41, 5.74) is 10.9. The van der Waals surface area contributed by atoms with Gasteiger partial charge in [0.05, 0.1) is 0 Å². The molecule has 0 spiro atoms. The van der Waals surface area contributed by atoms with Crippen LogP contribution in [0.1, 0.15) is 22.7 Å². The summed E-state index contributed by atoms with van der Waals surface area (Å²) in [5, 5.41) is 0. The zero-order chi connectivity index (χ0) is 17.1. The molecule has 1 atom stereocenters. The maximum atomic E-state index is 12.6. The number of carbonyl (C=O) groups excluding carboxylic acids is 1. The molecule has 1 amide bonds. The molecule has 1 aliphatic rings. The van der Waals surface area contributed by atoms with Crippen molar-refractivity contribution >= 4 is 11.6 Å². The largest absolute Gasteiger partial charge is 0.368 e. The summed E-state index contributed by atoms with van der Waals surface area (Å²) in [6, 6.07) is 15.4. The van der Waals surface area contributed by atoms with Gasteiger partial charge in [-0.1, -0.05) is 42.5 Å². The summed E-state index contributed by atoms with van der Waals surface area (Å²) >= 11 is 0. The first-order valence-electron chi connectivity index (χ1n) is 8.48. The van der Waals surface area contributed by atoms with Gasteiger partial charge in [-0.15, -0.1) is 0 Å². The molecule has 1 fully saturated rings. The number of anilines is 1. The molecule has 4 nitrogen and oxygen atoms in total. The maximum Gasteiger partial charge on any atom is 0.244 e. The SMILES string of the molecule is Cc1cccc(N2CCN(C(=O)C(N)c3ccccc3)CC2)c1C. The van der Waals surface area contributed by atoms with Gasteiger partial charge in [0, 0.05) is 31.9 Å². The average molecular weight is 323 g/mol. The van der Waals surface area contributed by atoms with Gasteiger partial charge in [-0.25, -0.2) is 0 Å². The van der Waals surface area contributed by atoms with Crippen LogP contribution in [0.4, 0.5) is 5.69 Å². The second kappa shape index (κ2) is 7.05. The first-order chi connectivity index (χ1) is 11.6. The lowest BCUT2D eigenvalue weighted by Gasteiger charge is -2.38. The lowest BCUT2D eigenvalue weighted by atomic mass is 10.1. The third kappa shape index (κ3) is 3.29. The van der Waals surface area contributed by atoms with Crippen LogP contribution in [0.25, 0.3) is 0 Å². The smallest absolute Gasteiger partial charge is 0.244 e. The van der Waals surface area contributed by atoms with Crippen molar-refractivity contribution in [2.75, 3.05) is 31.1 Å². The van der Waals surface area contributed by atoms with E-state index >= 15 is 0 Å². The minimum absolute atomic E-state index is 0.0156. The molecule has 0 saturated carbocycles. The van der Waals surface area contributed by atoms with Crippen molar-refractivity contribution < 1.29 is 4.79 Å². The maximum absolute atomic E-state index is 12.6. The predicted octanol–water partition coefficient (Wildman–Crippen LogP) is 2.65. The molecule has 1 unspecified atom stereocenters. The molecule has 4 heteroatoms. The van der Waals surface area contributed by atoms with Crippen molar-refractivity contribution in [1.82, 2.24) is 4.90 Å². The van der Waals surface area contributed by atoms with Crippen molar-refractivity contribution in [1.29, 1.82) is 0 Å². The van der Waals surface area contributed by atoms with E-state index in [-0.39, 0.29) is 5.91 Å². The van der Waals surface area contributed by atoms with Gasteiger partial charge in [0.25, 0.3) is 0 Å². The molecule has 0 radical (unpaired) electrons. The van der Waals surface area contributed by atoms with Crippen molar-refractivity contribution in [2.24, 2.45) is 5.73 Å². The fourth-order valence-corrected chi connectivity index (χ4v) is 3.25. The first kappa shape index (κ1) is 16.5. The molecule has 2 N–H and O–H groups in total. The van der Waals surface area contributed by atoms with Crippen LogP contribution < -0.4 is 10.6 Å². The van der Waals surface area contributed by atoms with E-state index in [1.165, 1.54) is 16.8 Å². The Balaban J connectivity index is 1.64. The van der Waals surface area contributed by atoms with Gasteiger partial charge < -0.3 is 15.5 Å². The van der Waals surface area contributed by atoms with Gasteiger partial charge in [-0.3, -0.25) is 4.79 Å². The quantitative estimate of drug-likeness (QED) is 0.945. The molecule has 1 aliphatic heterocycles. The zero-order valence-electron chi connectivity index (χ0n) is 14.4. The van der Waals surface area contributed by atoms with Gasteiger partial charge in [-0.05, 0) is 36.6 Å². The number of aryl methyl sites for hydroxylation is 1. The Kier molecular flexibility index (Phi) is 4.86. The molecule has 0 bridgehead atoms. The Morgan fingerprint density at radius 3 is 2.29 bits per heavy atom. The number of rotatable bonds is 3. The van der Waals surface area contributed by atoms with E-state index in [0.29, 0.717) is 13.1 Å². The Labute approximate surface area is 143 Å². The second-order valence-corrected chi connectivity index (χ2v) is 6.42. The lowest BCUT2D eigenvalue weighted by molar-refractivity contribution is -0.133. The van der Waals surface area contributed by atoms with E-state index in [0.717, 1.165) is 18.7 Å². The van der Waals surface area contributed by atoms with Gasteiger partial charge in [0.15, 0.2) is 0 Å².